The fourth-order valence-electron chi connectivity index (χ4n) is 6.83. The van der Waals surface area contributed by atoms with Gasteiger partial charge in [-0.05, 0) is 81.2 Å². The standard InChI is InChI=1S/C38H46FN7O5/c1-22(2)32(44-36(48)50-6)35(47)45-17-7-9-30(45)33-40-20-28(42-33)24-13-11-23(12-14-24)25-15-16-26(27(39)19-25)29-21-41-34(43-29)31-10-8-18-46(31)37(49)51-38(3,4)5/h11-16,19-22,30-32H,7-10,17-18H2,1-6H3,(H,40,42)(H,41,43)(H,44,48)/t30-,31-,32-/m0/s1. The van der Waals surface area contributed by atoms with Crippen molar-refractivity contribution < 1.29 is 28.2 Å². The van der Waals surface area contributed by atoms with Crippen LogP contribution < -0.4 is 5.32 Å². The summed E-state index contributed by atoms with van der Waals surface area (Å²) in [6.07, 6.45) is 5.51. The zero-order chi connectivity index (χ0) is 36.4. The Balaban J connectivity index is 1.13. The molecule has 0 saturated carbocycles. The van der Waals surface area contributed by atoms with Crippen molar-refractivity contribution in [3.05, 3.63) is 72.3 Å². The Morgan fingerprint density at radius 3 is 2.04 bits per heavy atom. The summed E-state index contributed by atoms with van der Waals surface area (Å²) in [5, 5.41) is 2.67. The van der Waals surface area contributed by atoms with Crippen molar-refractivity contribution in [1.82, 2.24) is 35.1 Å². The van der Waals surface area contributed by atoms with E-state index in [2.05, 4.69) is 25.3 Å². The number of hydrogen-bond donors (Lipinski definition) is 3. The molecule has 0 bridgehead atoms. The smallest absolute Gasteiger partial charge is 0.410 e. The molecule has 0 radical (unpaired) electrons. The second-order valence-electron chi connectivity index (χ2n) is 14.5. The number of hydrogen-bond acceptors (Lipinski definition) is 7. The Labute approximate surface area is 297 Å². The predicted molar refractivity (Wildman–Crippen MR) is 190 cm³/mol. The minimum absolute atomic E-state index is 0.119. The van der Waals surface area contributed by atoms with E-state index >= 15 is 4.39 Å². The van der Waals surface area contributed by atoms with Crippen molar-refractivity contribution in [2.45, 2.75) is 84.0 Å². The fraction of sp³-hybridized carbons (Fsp3) is 0.447. The van der Waals surface area contributed by atoms with Crippen LogP contribution in [0.4, 0.5) is 14.0 Å². The molecular weight excluding hydrogens is 653 g/mol. The van der Waals surface area contributed by atoms with Crippen LogP contribution in [0.1, 0.15) is 84.0 Å². The van der Waals surface area contributed by atoms with Gasteiger partial charge in [0, 0.05) is 18.7 Å². The third-order valence-corrected chi connectivity index (χ3v) is 9.42. The molecule has 12 nitrogen and oxygen atoms in total. The van der Waals surface area contributed by atoms with Gasteiger partial charge in [0.1, 0.15) is 29.1 Å². The Bertz CT molecular complexity index is 1880. The predicted octanol–water partition coefficient (Wildman–Crippen LogP) is 7.39. The zero-order valence-corrected chi connectivity index (χ0v) is 30.0. The molecule has 2 aliphatic heterocycles. The van der Waals surface area contributed by atoms with Crippen LogP contribution >= 0.6 is 0 Å². The van der Waals surface area contributed by atoms with Gasteiger partial charge in [-0.25, -0.2) is 23.9 Å². The van der Waals surface area contributed by atoms with Crippen LogP contribution in [0.15, 0.2) is 54.9 Å². The molecular formula is C38H46FN7O5. The van der Waals surface area contributed by atoms with Crippen LogP contribution in [0.3, 0.4) is 0 Å². The highest BCUT2D eigenvalue weighted by Crippen LogP contribution is 2.35. The summed E-state index contributed by atoms with van der Waals surface area (Å²) in [7, 11) is 1.28. The van der Waals surface area contributed by atoms with Crippen molar-refractivity contribution in [2.75, 3.05) is 20.2 Å². The molecule has 2 aromatic carbocycles. The number of aromatic amines is 2. The van der Waals surface area contributed by atoms with Crippen molar-refractivity contribution >= 4 is 18.1 Å². The van der Waals surface area contributed by atoms with Crippen molar-refractivity contribution in [3.8, 4) is 33.6 Å². The molecule has 0 unspecified atom stereocenters. The maximum atomic E-state index is 15.6. The first-order valence-corrected chi connectivity index (χ1v) is 17.5. The summed E-state index contributed by atoms with van der Waals surface area (Å²) in [5.74, 6) is 0.622. The van der Waals surface area contributed by atoms with Crippen molar-refractivity contribution in [3.63, 3.8) is 0 Å². The summed E-state index contributed by atoms with van der Waals surface area (Å²) in [6, 6.07) is 11.7. The number of carbonyl (C=O) groups is 3. The van der Waals surface area contributed by atoms with Gasteiger partial charge >= 0.3 is 12.2 Å². The lowest BCUT2D eigenvalue weighted by atomic mass is 10.0. The Morgan fingerprint density at radius 2 is 1.43 bits per heavy atom. The third-order valence-electron chi connectivity index (χ3n) is 9.42. The van der Waals surface area contributed by atoms with Gasteiger partial charge < -0.3 is 29.7 Å². The lowest BCUT2D eigenvalue weighted by molar-refractivity contribution is -0.135. The molecule has 3 N–H and O–H groups in total. The monoisotopic (exact) mass is 699 g/mol. The molecule has 2 aromatic heterocycles. The van der Waals surface area contributed by atoms with Crippen LogP contribution in [-0.4, -0.2) is 79.7 Å². The number of carbonyl (C=O) groups excluding carboxylic acids is 3. The molecule has 2 fully saturated rings. The van der Waals surface area contributed by atoms with E-state index in [4.69, 9.17) is 9.47 Å². The topological polar surface area (TPSA) is 146 Å². The van der Waals surface area contributed by atoms with Crippen LogP contribution in [0.25, 0.3) is 33.6 Å². The number of H-pyrrole nitrogens is 2. The quantitative estimate of drug-likeness (QED) is 0.174. The summed E-state index contributed by atoms with van der Waals surface area (Å²) < 4.78 is 25.9. The number of ether oxygens (including phenoxy) is 2. The highest BCUT2D eigenvalue weighted by molar-refractivity contribution is 5.86. The van der Waals surface area contributed by atoms with E-state index < -0.39 is 23.6 Å². The first-order valence-electron chi connectivity index (χ1n) is 17.5. The molecule has 270 valence electrons. The number of methoxy groups -OCH3 is 1. The maximum Gasteiger partial charge on any atom is 0.410 e. The molecule has 13 heteroatoms. The van der Waals surface area contributed by atoms with Gasteiger partial charge in [-0.3, -0.25) is 9.69 Å². The van der Waals surface area contributed by atoms with Gasteiger partial charge in [-0.1, -0.05) is 44.2 Å². The van der Waals surface area contributed by atoms with E-state index in [0.717, 1.165) is 48.1 Å². The number of nitrogens with zero attached hydrogens (tertiary/aromatic N) is 4. The van der Waals surface area contributed by atoms with Crippen LogP contribution in [0.5, 0.6) is 0 Å². The molecule has 4 aromatic rings. The van der Waals surface area contributed by atoms with E-state index in [9.17, 15) is 14.4 Å². The first-order chi connectivity index (χ1) is 24.3. The van der Waals surface area contributed by atoms with Crippen LogP contribution in [0, 0.1) is 11.7 Å². The van der Waals surface area contributed by atoms with Gasteiger partial charge in [-0.2, -0.15) is 0 Å². The maximum absolute atomic E-state index is 15.6. The number of aromatic nitrogens is 4. The van der Waals surface area contributed by atoms with E-state index in [1.165, 1.54) is 13.2 Å². The number of imidazole rings is 2. The zero-order valence-electron chi connectivity index (χ0n) is 30.0. The van der Waals surface area contributed by atoms with E-state index in [0.29, 0.717) is 36.0 Å². The Kier molecular flexibility index (Phi) is 10.2. The van der Waals surface area contributed by atoms with Crippen LogP contribution in [-0.2, 0) is 14.3 Å². The molecule has 3 atom stereocenters. The lowest BCUT2D eigenvalue weighted by Crippen LogP contribution is -2.51. The Hall–Kier alpha value is -5.20. The number of benzene rings is 2. The SMILES string of the molecule is COC(=O)N[C@H](C(=O)N1CCC[C@H]1c1ncc(-c2ccc(-c3ccc(-c4cnc([C@@H]5CCCN5C(=O)OC(C)(C)C)[nH]4)c(F)c3)cc2)[nH]1)C(C)C. The van der Waals surface area contributed by atoms with Gasteiger partial charge in [-0.15, -0.1) is 0 Å². The van der Waals surface area contributed by atoms with Gasteiger partial charge in [0.15, 0.2) is 0 Å². The third kappa shape index (κ3) is 7.77. The molecule has 51 heavy (non-hydrogen) atoms. The molecule has 3 amide bonds. The minimum Gasteiger partial charge on any atom is -0.453 e. The number of amides is 3. The second kappa shape index (κ2) is 14.6. The molecule has 0 aliphatic carbocycles. The summed E-state index contributed by atoms with van der Waals surface area (Å²) >= 11 is 0. The molecule has 0 spiro atoms. The second-order valence-corrected chi connectivity index (χ2v) is 14.5. The summed E-state index contributed by atoms with van der Waals surface area (Å²) in [5.41, 5.74) is 3.60. The number of alkyl carbamates (subject to hydrolysis) is 1. The van der Waals surface area contributed by atoms with Crippen LogP contribution in [0.2, 0.25) is 0 Å². The molecule has 2 aliphatic rings. The average molecular weight is 700 g/mol. The highest BCUT2D eigenvalue weighted by Gasteiger charge is 2.38. The summed E-state index contributed by atoms with van der Waals surface area (Å²) in [4.78, 5) is 57.4. The number of nitrogens with one attached hydrogen (secondary N) is 3. The normalized spacial score (nSPS) is 18.3. The highest BCUT2D eigenvalue weighted by atomic mass is 19.1. The van der Waals surface area contributed by atoms with Gasteiger partial charge in [0.25, 0.3) is 0 Å². The van der Waals surface area contributed by atoms with E-state index in [1.54, 1.807) is 28.3 Å². The number of halogens is 1. The van der Waals surface area contributed by atoms with Gasteiger partial charge in [0.05, 0.1) is 43.0 Å². The van der Waals surface area contributed by atoms with Gasteiger partial charge in [0.2, 0.25) is 5.91 Å². The minimum atomic E-state index is -0.704. The lowest BCUT2D eigenvalue weighted by Gasteiger charge is -2.30. The summed E-state index contributed by atoms with van der Waals surface area (Å²) in [6.45, 7) is 10.4. The average Bonchev–Trinajstić information content (AvgIpc) is 3.92. The fourth-order valence-corrected chi connectivity index (χ4v) is 6.83. The van der Waals surface area contributed by atoms with E-state index in [-0.39, 0.29) is 30.0 Å². The number of likely N-dealkylation sites (tertiary alicyclic amines) is 2. The Morgan fingerprint density at radius 1 is 0.863 bits per heavy atom. The molecule has 2 saturated heterocycles. The molecule has 6 rings (SSSR count). The van der Waals surface area contributed by atoms with Crippen molar-refractivity contribution in [1.29, 1.82) is 0 Å². The number of rotatable bonds is 8. The molecule has 4 heterocycles. The first kappa shape index (κ1) is 35.6. The van der Waals surface area contributed by atoms with E-state index in [1.807, 2.05) is 65.0 Å². The largest absolute Gasteiger partial charge is 0.453 e. The van der Waals surface area contributed by atoms with Crippen molar-refractivity contribution in [2.24, 2.45) is 5.92 Å².